The first kappa shape index (κ1) is 10.6. The standard InChI is InChI=1S/C8H16O3/c1-8(2,6-9)7(10)4-5-11-3/h6-7,10H,4-5H2,1-3H3/t7-/m0/s1. The molecule has 66 valence electrons. The van der Waals surface area contributed by atoms with Gasteiger partial charge in [-0.2, -0.15) is 0 Å². The van der Waals surface area contributed by atoms with Crippen LogP contribution in [0, 0.1) is 5.41 Å². The minimum Gasteiger partial charge on any atom is -0.392 e. The summed E-state index contributed by atoms with van der Waals surface area (Å²) in [7, 11) is 1.57. The van der Waals surface area contributed by atoms with Gasteiger partial charge in [0.1, 0.15) is 6.29 Å². The van der Waals surface area contributed by atoms with Crippen molar-refractivity contribution in [3.05, 3.63) is 0 Å². The van der Waals surface area contributed by atoms with E-state index in [0.29, 0.717) is 13.0 Å². The first-order valence-electron chi connectivity index (χ1n) is 3.68. The average Bonchev–Trinajstić information content (AvgIpc) is 2.00. The van der Waals surface area contributed by atoms with Crippen LogP contribution >= 0.6 is 0 Å². The van der Waals surface area contributed by atoms with Gasteiger partial charge in [0.05, 0.1) is 6.10 Å². The van der Waals surface area contributed by atoms with Crippen molar-refractivity contribution in [1.29, 1.82) is 0 Å². The largest absolute Gasteiger partial charge is 0.392 e. The summed E-state index contributed by atoms with van der Waals surface area (Å²) < 4.78 is 4.78. The summed E-state index contributed by atoms with van der Waals surface area (Å²) in [6.07, 6.45) is 0.662. The van der Waals surface area contributed by atoms with E-state index in [-0.39, 0.29) is 0 Å². The van der Waals surface area contributed by atoms with Crippen LogP contribution in [0.1, 0.15) is 20.3 Å². The van der Waals surface area contributed by atoms with Crippen LogP contribution < -0.4 is 0 Å². The number of methoxy groups -OCH3 is 1. The fourth-order valence-corrected chi connectivity index (χ4v) is 0.680. The maximum absolute atomic E-state index is 10.4. The first-order valence-corrected chi connectivity index (χ1v) is 3.68. The Morgan fingerprint density at radius 2 is 2.18 bits per heavy atom. The molecule has 0 aliphatic heterocycles. The number of aliphatic hydroxyl groups is 1. The molecule has 0 bridgehead atoms. The smallest absolute Gasteiger partial charge is 0.128 e. The molecule has 0 radical (unpaired) electrons. The second kappa shape index (κ2) is 4.46. The van der Waals surface area contributed by atoms with Crippen molar-refractivity contribution in [3.63, 3.8) is 0 Å². The molecule has 0 rings (SSSR count). The Balaban J connectivity index is 3.80. The summed E-state index contributed by atoms with van der Waals surface area (Å²) in [6, 6.07) is 0. The van der Waals surface area contributed by atoms with Crippen LogP contribution in [0.25, 0.3) is 0 Å². The quantitative estimate of drug-likeness (QED) is 0.599. The SMILES string of the molecule is COCC[C@H](O)C(C)(C)C=O. The normalized spacial score (nSPS) is 14.5. The maximum Gasteiger partial charge on any atom is 0.128 e. The zero-order valence-corrected chi connectivity index (χ0v) is 7.33. The fraction of sp³-hybridized carbons (Fsp3) is 0.875. The van der Waals surface area contributed by atoms with Gasteiger partial charge in [0.15, 0.2) is 0 Å². The van der Waals surface area contributed by atoms with E-state index in [4.69, 9.17) is 4.74 Å². The van der Waals surface area contributed by atoms with Crippen LogP contribution in [-0.2, 0) is 9.53 Å². The summed E-state index contributed by atoms with van der Waals surface area (Å²) in [6.45, 7) is 3.90. The van der Waals surface area contributed by atoms with Gasteiger partial charge in [-0.1, -0.05) is 13.8 Å². The highest BCUT2D eigenvalue weighted by atomic mass is 16.5. The highest BCUT2D eigenvalue weighted by molar-refractivity contribution is 5.58. The van der Waals surface area contributed by atoms with E-state index >= 15 is 0 Å². The molecule has 0 amide bonds. The molecule has 1 atom stereocenters. The highest BCUT2D eigenvalue weighted by Crippen LogP contribution is 2.19. The van der Waals surface area contributed by atoms with E-state index < -0.39 is 11.5 Å². The molecule has 0 aliphatic rings. The molecule has 0 spiro atoms. The molecule has 0 saturated heterocycles. The predicted octanol–water partition coefficient (Wildman–Crippen LogP) is 0.609. The van der Waals surface area contributed by atoms with Gasteiger partial charge in [0.25, 0.3) is 0 Å². The van der Waals surface area contributed by atoms with Crippen molar-refractivity contribution < 1.29 is 14.6 Å². The number of hydrogen-bond acceptors (Lipinski definition) is 3. The first-order chi connectivity index (χ1) is 5.04. The van der Waals surface area contributed by atoms with E-state index in [1.54, 1.807) is 21.0 Å². The highest BCUT2D eigenvalue weighted by Gasteiger charge is 2.26. The molecule has 0 saturated carbocycles. The lowest BCUT2D eigenvalue weighted by Crippen LogP contribution is -2.31. The molecule has 0 aromatic heterocycles. The molecule has 0 aliphatic carbocycles. The van der Waals surface area contributed by atoms with Crippen LogP contribution in [0.5, 0.6) is 0 Å². The molecular formula is C8H16O3. The van der Waals surface area contributed by atoms with E-state index in [0.717, 1.165) is 6.29 Å². The van der Waals surface area contributed by atoms with Crippen molar-refractivity contribution in [2.45, 2.75) is 26.4 Å². The molecule has 11 heavy (non-hydrogen) atoms. The molecule has 3 nitrogen and oxygen atoms in total. The number of carbonyl (C=O) groups is 1. The molecule has 0 fully saturated rings. The van der Waals surface area contributed by atoms with E-state index in [2.05, 4.69) is 0 Å². The van der Waals surface area contributed by atoms with Crippen LogP contribution in [0.2, 0.25) is 0 Å². The van der Waals surface area contributed by atoms with Crippen LogP contribution in [-0.4, -0.2) is 31.2 Å². The number of rotatable bonds is 5. The van der Waals surface area contributed by atoms with Crippen LogP contribution in [0.3, 0.4) is 0 Å². The summed E-state index contributed by atoms with van der Waals surface area (Å²) in [5.41, 5.74) is -0.654. The minimum absolute atomic E-state index is 0.485. The zero-order chi connectivity index (χ0) is 8.91. The second-order valence-electron chi connectivity index (χ2n) is 3.24. The summed E-state index contributed by atoms with van der Waals surface area (Å²) in [5.74, 6) is 0. The van der Waals surface area contributed by atoms with Crippen molar-refractivity contribution in [1.82, 2.24) is 0 Å². The van der Waals surface area contributed by atoms with Crippen molar-refractivity contribution in [2.24, 2.45) is 5.41 Å². The maximum atomic E-state index is 10.4. The summed E-state index contributed by atoms with van der Waals surface area (Å²) in [4.78, 5) is 10.4. The monoisotopic (exact) mass is 160 g/mol. The van der Waals surface area contributed by atoms with Crippen molar-refractivity contribution in [3.8, 4) is 0 Å². The van der Waals surface area contributed by atoms with Crippen molar-refractivity contribution >= 4 is 6.29 Å². The average molecular weight is 160 g/mol. The van der Waals surface area contributed by atoms with Gasteiger partial charge < -0.3 is 14.6 Å². The Hall–Kier alpha value is -0.410. The Kier molecular flexibility index (Phi) is 4.30. The third kappa shape index (κ3) is 3.49. The van der Waals surface area contributed by atoms with Crippen LogP contribution in [0.4, 0.5) is 0 Å². The predicted molar refractivity (Wildman–Crippen MR) is 42.3 cm³/mol. The third-order valence-electron chi connectivity index (χ3n) is 1.76. The molecule has 0 heterocycles. The zero-order valence-electron chi connectivity index (χ0n) is 7.33. The van der Waals surface area contributed by atoms with E-state index in [1.165, 1.54) is 0 Å². The Morgan fingerprint density at radius 1 is 1.64 bits per heavy atom. The number of aliphatic hydroxyl groups excluding tert-OH is 1. The van der Waals surface area contributed by atoms with Gasteiger partial charge in [-0.05, 0) is 6.42 Å². The number of aldehydes is 1. The lowest BCUT2D eigenvalue weighted by Gasteiger charge is -2.23. The topological polar surface area (TPSA) is 46.5 Å². The molecule has 0 aromatic rings. The number of ether oxygens (including phenoxy) is 1. The Labute approximate surface area is 67.4 Å². The van der Waals surface area contributed by atoms with Crippen LogP contribution in [0.15, 0.2) is 0 Å². The fourth-order valence-electron chi connectivity index (χ4n) is 0.680. The van der Waals surface area contributed by atoms with Gasteiger partial charge >= 0.3 is 0 Å². The van der Waals surface area contributed by atoms with Gasteiger partial charge in [0.2, 0.25) is 0 Å². The van der Waals surface area contributed by atoms with Gasteiger partial charge in [-0.15, -0.1) is 0 Å². The summed E-state index contributed by atoms with van der Waals surface area (Å²) >= 11 is 0. The minimum atomic E-state index is -0.654. The van der Waals surface area contributed by atoms with Crippen molar-refractivity contribution in [2.75, 3.05) is 13.7 Å². The van der Waals surface area contributed by atoms with Gasteiger partial charge in [-0.3, -0.25) is 0 Å². The molecule has 3 heteroatoms. The molecular weight excluding hydrogens is 144 g/mol. The number of hydrogen-bond donors (Lipinski definition) is 1. The Bertz CT molecular complexity index is 121. The lowest BCUT2D eigenvalue weighted by atomic mass is 9.87. The van der Waals surface area contributed by atoms with Gasteiger partial charge in [-0.25, -0.2) is 0 Å². The molecule has 1 N–H and O–H groups in total. The summed E-state index contributed by atoms with van der Waals surface area (Å²) in [5, 5.41) is 9.40. The second-order valence-corrected chi connectivity index (χ2v) is 3.24. The lowest BCUT2D eigenvalue weighted by molar-refractivity contribution is -0.120. The third-order valence-corrected chi connectivity index (χ3v) is 1.76. The van der Waals surface area contributed by atoms with E-state index in [9.17, 15) is 9.90 Å². The van der Waals surface area contributed by atoms with E-state index in [1.807, 2.05) is 0 Å². The Morgan fingerprint density at radius 3 is 2.55 bits per heavy atom. The molecule has 0 aromatic carbocycles. The molecule has 0 unspecified atom stereocenters. The van der Waals surface area contributed by atoms with Gasteiger partial charge in [0, 0.05) is 19.1 Å². The number of carbonyl (C=O) groups excluding carboxylic acids is 1.